The molecular formula is C24H21ClN6O2. The molecule has 166 valence electrons. The van der Waals surface area contributed by atoms with Gasteiger partial charge in [-0.05, 0) is 47.0 Å². The number of nitrogens with zero attached hydrogens (tertiary/aromatic N) is 4. The van der Waals surface area contributed by atoms with Gasteiger partial charge >= 0.3 is 0 Å². The second-order valence-electron chi connectivity index (χ2n) is 7.71. The quantitative estimate of drug-likeness (QED) is 0.354. The molecule has 3 aromatic heterocycles. The highest BCUT2D eigenvalue weighted by Gasteiger charge is 2.16. The number of aliphatic hydroxyl groups excluding tert-OH is 1. The zero-order valence-electron chi connectivity index (χ0n) is 17.7. The van der Waals surface area contributed by atoms with E-state index in [2.05, 4.69) is 20.6 Å². The largest absolute Gasteiger partial charge is 0.394 e. The molecule has 3 N–H and O–H groups in total. The molecule has 2 aromatic carbocycles. The fourth-order valence-electron chi connectivity index (χ4n) is 3.90. The zero-order chi connectivity index (χ0) is 22.9. The summed E-state index contributed by atoms with van der Waals surface area (Å²) >= 11 is 6.10. The van der Waals surface area contributed by atoms with Crippen LogP contribution >= 0.6 is 11.6 Å². The maximum Gasteiger partial charge on any atom is 0.251 e. The molecule has 0 aliphatic rings. The molecule has 0 unspecified atom stereocenters. The number of benzene rings is 2. The standard InChI is InChI=1S/C24H21ClN6O2/c1-30-22(7-9-26-30)27-24-19-12-15(5-6-20(19)28-29-24)16-8-10-31(23(33)13-16)21(14-32)17-3-2-4-18(25)11-17/h2-13,21,32H,14H2,1H3,(H2,27,28,29)/t21-/m1/s1. The number of H-pyrrole nitrogens is 1. The number of hydrogen-bond acceptors (Lipinski definition) is 5. The molecule has 0 spiro atoms. The summed E-state index contributed by atoms with van der Waals surface area (Å²) in [6.07, 6.45) is 3.41. The van der Waals surface area contributed by atoms with Crippen molar-refractivity contribution >= 4 is 34.1 Å². The number of halogens is 1. The maximum absolute atomic E-state index is 13.0. The third kappa shape index (κ3) is 4.02. The average molecular weight is 461 g/mol. The van der Waals surface area contributed by atoms with E-state index < -0.39 is 6.04 Å². The number of fused-ring (bicyclic) bond motifs is 1. The Morgan fingerprint density at radius 3 is 2.70 bits per heavy atom. The minimum atomic E-state index is -0.517. The summed E-state index contributed by atoms with van der Waals surface area (Å²) in [5, 5.41) is 26.2. The van der Waals surface area contributed by atoms with E-state index in [4.69, 9.17) is 11.6 Å². The van der Waals surface area contributed by atoms with Gasteiger partial charge in [0.25, 0.3) is 5.56 Å². The van der Waals surface area contributed by atoms with Gasteiger partial charge < -0.3 is 15.0 Å². The van der Waals surface area contributed by atoms with Gasteiger partial charge in [0, 0.05) is 35.8 Å². The summed E-state index contributed by atoms with van der Waals surface area (Å²) in [4.78, 5) is 13.0. The van der Waals surface area contributed by atoms with Gasteiger partial charge in [0.15, 0.2) is 5.82 Å². The second kappa shape index (κ2) is 8.57. The van der Waals surface area contributed by atoms with Crippen molar-refractivity contribution in [1.82, 2.24) is 24.5 Å². The first-order valence-corrected chi connectivity index (χ1v) is 10.7. The molecule has 0 amide bonds. The van der Waals surface area contributed by atoms with Crippen LogP contribution in [-0.2, 0) is 7.05 Å². The van der Waals surface area contributed by atoms with Crippen LogP contribution in [-0.4, -0.2) is 36.3 Å². The van der Waals surface area contributed by atoms with Gasteiger partial charge in [-0.3, -0.25) is 14.6 Å². The molecule has 0 aliphatic heterocycles. The Bertz CT molecular complexity index is 1500. The Morgan fingerprint density at radius 1 is 1.12 bits per heavy atom. The Balaban J connectivity index is 1.50. The summed E-state index contributed by atoms with van der Waals surface area (Å²) in [5.74, 6) is 1.48. The van der Waals surface area contributed by atoms with Crippen LogP contribution in [0.25, 0.3) is 22.0 Å². The fraction of sp³-hybridized carbons (Fsp3) is 0.125. The van der Waals surface area contributed by atoms with E-state index in [1.165, 1.54) is 4.57 Å². The normalized spacial score (nSPS) is 12.2. The Hall–Kier alpha value is -3.88. The first-order chi connectivity index (χ1) is 16.0. The number of aryl methyl sites for hydroxylation is 1. The molecule has 33 heavy (non-hydrogen) atoms. The van der Waals surface area contributed by atoms with Gasteiger partial charge in [0.05, 0.1) is 24.4 Å². The molecule has 0 aliphatic carbocycles. The van der Waals surface area contributed by atoms with E-state index in [0.29, 0.717) is 10.8 Å². The highest BCUT2D eigenvalue weighted by atomic mass is 35.5. The zero-order valence-corrected chi connectivity index (χ0v) is 18.5. The number of hydrogen-bond donors (Lipinski definition) is 3. The lowest BCUT2D eigenvalue weighted by molar-refractivity contribution is 0.247. The van der Waals surface area contributed by atoms with Crippen LogP contribution in [0.2, 0.25) is 5.02 Å². The molecule has 5 rings (SSSR count). The summed E-state index contributed by atoms with van der Waals surface area (Å²) in [6, 6.07) is 17.8. The number of aliphatic hydroxyl groups is 1. The summed E-state index contributed by atoms with van der Waals surface area (Å²) in [6.45, 7) is -0.219. The van der Waals surface area contributed by atoms with Gasteiger partial charge in [-0.25, -0.2) is 0 Å². The number of pyridine rings is 1. The molecule has 0 radical (unpaired) electrons. The molecular weight excluding hydrogens is 440 g/mol. The van der Waals surface area contributed by atoms with Crippen LogP contribution in [0, 0.1) is 0 Å². The predicted octanol–water partition coefficient (Wildman–Crippen LogP) is 4.10. The van der Waals surface area contributed by atoms with Crippen molar-refractivity contribution in [2.24, 2.45) is 7.05 Å². The molecule has 8 nitrogen and oxygen atoms in total. The van der Waals surface area contributed by atoms with Crippen molar-refractivity contribution in [3.8, 4) is 11.1 Å². The van der Waals surface area contributed by atoms with Crippen molar-refractivity contribution in [2.45, 2.75) is 6.04 Å². The number of rotatable bonds is 6. The van der Waals surface area contributed by atoms with Crippen molar-refractivity contribution in [3.05, 3.63) is 94.0 Å². The monoisotopic (exact) mass is 460 g/mol. The summed E-state index contributed by atoms with van der Waals surface area (Å²) in [5.41, 5.74) is 3.08. The van der Waals surface area contributed by atoms with E-state index in [1.54, 1.807) is 41.3 Å². The summed E-state index contributed by atoms with van der Waals surface area (Å²) < 4.78 is 3.24. The topological polar surface area (TPSA) is 101 Å². The molecule has 5 aromatic rings. The van der Waals surface area contributed by atoms with Crippen molar-refractivity contribution in [1.29, 1.82) is 0 Å². The van der Waals surface area contributed by atoms with Crippen LogP contribution < -0.4 is 10.9 Å². The lowest BCUT2D eigenvalue weighted by Gasteiger charge is -2.18. The second-order valence-corrected chi connectivity index (χ2v) is 8.15. The van der Waals surface area contributed by atoms with Crippen LogP contribution in [0.15, 0.2) is 77.9 Å². The minimum Gasteiger partial charge on any atom is -0.394 e. The van der Waals surface area contributed by atoms with Gasteiger partial charge in [0.1, 0.15) is 5.82 Å². The maximum atomic E-state index is 13.0. The third-order valence-electron chi connectivity index (χ3n) is 5.65. The van der Waals surface area contributed by atoms with E-state index in [1.807, 2.05) is 43.4 Å². The number of aromatic amines is 1. The van der Waals surface area contributed by atoms with E-state index >= 15 is 0 Å². The lowest BCUT2D eigenvalue weighted by Crippen LogP contribution is -2.26. The highest BCUT2D eigenvalue weighted by Crippen LogP contribution is 2.29. The molecule has 0 fully saturated rings. The first-order valence-electron chi connectivity index (χ1n) is 10.4. The number of anilines is 2. The molecule has 1 atom stereocenters. The minimum absolute atomic E-state index is 0.216. The van der Waals surface area contributed by atoms with E-state index in [-0.39, 0.29) is 12.2 Å². The van der Waals surface area contributed by atoms with Gasteiger partial charge in [-0.15, -0.1) is 0 Å². The third-order valence-corrected chi connectivity index (χ3v) is 5.89. The van der Waals surface area contributed by atoms with Crippen molar-refractivity contribution in [3.63, 3.8) is 0 Å². The SMILES string of the molecule is Cn1nccc1Nc1n[nH]c2ccc(-c3ccn([C@H](CO)c4cccc(Cl)c4)c(=O)c3)cc12. The number of nitrogens with one attached hydrogen (secondary N) is 2. The molecule has 0 saturated carbocycles. The van der Waals surface area contributed by atoms with Gasteiger partial charge in [0.2, 0.25) is 0 Å². The Labute approximate surface area is 194 Å². The highest BCUT2D eigenvalue weighted by molar-refractivity contribution is 6.30. The first kappa shape index (κ1) is 21.0. The van der Waals surface area contributed by atoms with Gasteiger partial charge in [-0.2, -0.15) is 10.2 Å². The van der Waals surface area contributed by atoms with Crippen molar-refractivity contribution < 1.29 is 5.11 Å². The van der Waals surface area contributed by atoms with Gasteiger partial charge in [-0.1, -0.05) is 29.8 Å². The fourth-order valence-corrected chi connectivity index (χ4v) is 4.10. The van der Waals surface area contributed by atoms with Crippen LogP contribution in [0.4, 0.5) is 11.6 Å². The van der Waals surface area contributed by atoms with Crippen molar-refractivity contribution in [2.75, 3.05) is 11.9 Å². The molecule has 9 heteroatoms. The Morgan fingerprint density at radius 2 is 1.97 bits per heavy atom. The summed E-state index contributed by atoms with van der Waals surface area (Å²) in [7, 11) is 1.85. The molecule has 0 saturated heterocycles. The van der Waals surface area contributed by atoms with Crippen LogP contribution in [0.3, 0.4) is 0 Å². The number of aromatic nitrogens is 5. The average Bonchev–Trinajstić information content (AvgIpc) is 3.41. The van der Waals surface area contributed by atoms with E-state index in [9.17, 15) is 9.90 Å². The molecule has 3 heterocycles. The Kier molecular flexibility index (Phi) is 5.45. The molecule has 0 bridgehead atoms. The lowest BCUT2D eigenvalue weighted by atomic mass is 10.0. The van der Waals surface area contributed by atoms with Crippen LogP contribution in [0.5, 0.6) is 0 Å². The predicted molar refractivity (Wildman–Crippen MR) is 129 cm³/mol. The smallest absolute Gasteiger partial charge is 0.251 e. The van der Waals surface area contributed by atoms with Crippen LogP contribution in [0.1, 0.15) is 11.6 Å². The van der Waals surface area contributed by atoms with E-state index in [0.717, 1.165) is 33.4 Å².